The highest BCUT2D eigenvalue weighted by Gasteiger charge is 2.54. The van der Waals surface area contributed by atoms with E-state index in [0.717, 1.165) is 29.3 Å². The van der Waals surface area contributed by atoms with Gasteiger partial charge in [0.1, 0.15) is 23.0 Å². The third-order valence-corrected chi connectivity index (χ3v) is 8.27. The Kier molecular flexibility index (Phi) is 5.55. The lowest BCUT2D eigenvalue weighted by Crippen LogP contribution is -2.58. The van der Waals surface area contributed by atoms with Crippen LogP contribution in [0.15, 0.2) is 36.5 Å². The van der Waals surface area contributed by atoms with E-state index in [1.807, 2.05) is 25.1 Å². The number of benzene rings is 2. The normalized spacial score (nSPS) is 20.2. The SMILES string of the molecule is CCOc1cc(C(=O)C2C(=O)c3cc(-c4nn[nH]n4)ccc3OC23CCNCC3)cc2c1c(C)cn2C1CC1. The highest BCUT2D eigenvalue weighted by molar-refractivity contribution is 6.19. The summed E-state index contributed by atoms with van der Waals surface area (Å²) in [6.45, 7) is 5.83. The van der Waals surface area contributed by atoms with Gasteiger partial charge in [0.2, 0.25) is 5.82 Å². The molecule has 39 heavy (non-hydrogen) atoms. The first-order valence-corrected chi connectivity index (χ1v) is 13.6. The molecule has 1 spiro atoms. The molecule has 2 aromatic heterocycles. The zero-order chi connectivity index (χ0) is 26.7. The molecule has 4 heterocycles. The molecular formula is C29H30N6O4. The van der Waals surface area contributed by atoms with Crippen molar-refractivity contribution in [1.82, 2.24) is 30.5 Å². The monoisotopic (exact) mass is 526 g/mol. The molecule has 1 saturated carbocycles. The third kappa shape index (κ3) is 3.84. The number of hydrogen-bond donors (Lipinski definition) is 2. The Balaban J connectivity index is 1.36. The van der Waals surface area contributed by atoms with Crippen molar-refractivity contribution in [1.29, 1.82) is 0 Å². The summed E-state index contributed by atoms with van der Waals surface area (Å²) >= 11 is 0. The van der Waals surface area contributed by atoms with E-state index in [-0.39, 0.29) is 11.6 Å². The number of ether oxygens (including phenoxy) is 2. The van der Waals surface area contributed by atoms with Gasteiger partial charge in [0.25, 0.3) is 0 Å². The number of carbonyl (C=O) groups is 2. The van der Waals surface area contributed by atoms with Gasteiger partial charge in [-0.3, -0.25) is 9.59 Å². The maximum atomic E-state index is 14.5. The number of tetrazole rings is 1. The van der Waals surface area contributed by atoms with Crippen molar-refractivity contribution >= 4 is 22.5 Å². The number of hydrogen-bond acceptors (Lipinski definition) is 8. The number of aromatic amines is 1. The topological polar surface area (TPSA) is 124 Å². The molecular weight excluding hydrogens is 496 g/mol. The molecule has 2 fully saturated rings. The minimum absolute atomic E-state index is 0.235. The Morgan fingerprint density at radius 2 is 2.03 bits per heavy atom. The minimum Gasteiger partial charge on any atom is -0.493 e. The van der Waals surface area contributed by atoms with E-state index in [0.29, 0.717) is 72.6 Å². The summed E-state index contributed by atoms with van der Waals surface area (Å²) in [6, 6.07) is 9.47. The Hall–Kier alpha value is -4.05. The quantitative estimate of drug-likeness (QED) is 0.285. The summed E-state index contributed by atoms with van der Waals surface area (Å²) in [7, 11) is 0. The van der Waals surface area contributed by atoms with Gasteiger partial charge in [-0.15, -0.1) is 10.2 Å². The second-order valence-corrected chi connectivity index (χ2v) is 10.8. The van der Waals surface area contributed by atoms with Gasteiger partial charge in [-0.1, -0.05) is 0 Å². The third-order valence-electron chi connectivity index (χ3n) is 8.27. The van der Waals surface area contributed by atoms with E-state index in [2.05, 4.69) is 43.6 Å². The predicted molar refractivity (Wildman–Crippen MR) is 143 cm³/mol. The fourth-order valence-corrected chi connectivity index (χ4v) is 6.28. The highest BCUT2D eigenvalue weighted by Crippen LogP contribution is 2.46. The van der Waals surface area contributed by atoms with Crippen LogP contribution in [0.3, 0.4) is 0 Å². The molecule has 1 saturated heterocycles. The van der Waals surface area contributed by atoms with Crippen LogP contribution in [0.25, 0.3) is 22.3 Å². The average Bonchev–Trinajstić information content (AvgIpc) is 3.52. The number of nitrogens with one attached hydrogen (secondary N) is 2. The van der Waals surface area contributed by atoms with Gasteiger partial charge in [0.15, 0.2) is 11.6 Å². The molecule has 2 aliphatic heterocycles. The van der Waals surface area contributed by atoms with Gasteiger partial charge in [-0.25, -0.2) is 0 Å². The number of aryl methyl sites for hydroxylation is 1. The van der Waals surface area contributed by atoms with Gasteiger partial charge in [-0.05, 0) is 80.9 Å². The maximum absolute atomic E-state index is 14.5. The number of H-pyrrole nitrogens is 1. The number of Topliss-reactive ketones (excluding diaryl/α,β-unsaturated/α-hetero) is 2. The minimum atomic E-state index is -0.982. The van der Waals surface area contributed by atoms with Crippen molar-refractivity contribution in [2.45, 2.75) is 51.2 Å². The first-order valence-electron chi connectivity index (χ1n) is 13.6. The van der Waals surface area contributed by atoms with Crippen LogP contribution in [0.4, 0.5) is 0 Å². The summed E-state index contributed by atoms with van der Waals surface area (Å²) in [5.74, 6) is 0.0889. The summed E-state index contributed by atoms with van der Waals surface area (Å²) in [4.78, 5) is 28.8. The Bertz CT molecular complexity index is 1600. The molecule has 1 aliphatic carbocycles. The summed E-state index contributed by atoms with van der Waals surface area (Å²) in [6.07, 6.45) is 5.50. The fourth-order valence-electron chi connectivity index (χ4n) is 6.28. The van der Waals surface area contributed by atoms with Gasteiger partial charge < -0.3 is 19.4 Å². The number of rotatable bonds is 6. The Morgan fingerprint density at radius 3 is 2.74 bits per heavy atom. The van der Waals surface area contributed by atoms with Crippen LogP contribution < -0.4 is 14.8 Å². The van der Waals surface area contributed by atoms with Crippen molar-refractivity contribution in [3.05, 3.63) is 53.2 Å². The molecule has 200 valence electrons. The summed E-state index contributed by atoms with van der Waals surface area (Å²) < 4.78 is 14.9. The van der Waals surface area contributed by atoms with Crippen LogP contribution in [0, 0.1) is 12.8 Å². The van der Waals surface area contributed by atoms with Crippen LogP contribution in [-0.4, -0.2) is 62.1 Å². The molecule has 2 N–H and O–H groups in total. The van der Waals surface area contributed by atoms with Gasteiger partial charge in [0.05, 0.1) is 17.7 Å². The van der Waals surface area contributed by atoms with Gasteiger partial charge in [-0.2, -0.15) is 5.21 Å². The zero-order valence-corrected chi connectivity index (χ0v) is 22.0. The zero-order valence-electron chi connectivity index (χ0n) is 22.0. The van der Waals surface area contributed by atoms with E-state index >= 15 is 0 Å². The fraction of sp³-hybridized carbons (Fsp3) is 0.414. The maximum Gasteiger partial charge on any atom is 0.204 e. The standard InChI is InChI=1S/C29H30N6O4/c1-3-38-23-14-18(13-21-24(23)16(2)15-35(21)19-5-6-19)26(36)25-27(37)20-12-17(28-31-33-34-32-28)4-7-22(20)39-29(25)8-10-30-11-9-29/h4,7,12-15,19,25,30H,3,5-6,8-11H2,1-2H3,(H,31,32,33,34). The number of ketones is 2. The molecule has 10 nitrogen and oxygen atoms in total. The number of piperidine rings is 1. The van der Waals surface area contributed by atoms with Crippen LogP contribution in [0.1, 0.15) is 64.9 Å². The first-order chi connectivity index (χ1) is 19.0. The molecule has 0 bridgehead atoms. The van der Waals surface area contributed by atoms with Crippen molar-refractivity contribution in [3.63, 3.8) is 0 Å². The van der Waals surface area contributed by atoms with E-state index in [1.165, 1.54) is 0 Å². The molecule has 10 heteroatoms. The van der Waals surface area contributed by atoms with E-state index in [1.54, 1.807) is 12.1 Å². The lowest BCUT2D eigenvalue weighted by molar-refractivity contribution is -0.0138. The molecule has 1 atom stereocenters. The Morgan fingerprint density at radius 1 is 1.21 bits per heavy atom. The number of carbonyl (C=O) groups excluding carboxylic acids is 2. The van der Waals surface area contributed by atoms with Crippen LogP contribution in [0.2, 0.25) is 0 Å². The lowest BCUT2D eigenvalue weighted by Gasteiger charge is -2.45. The van der Waals surface area contributed by atoms with Crippen molar-refractivity contribution in [3.8, 4) is 22.9 Å². The van der Waals surface area contributed by atoms with Gasteiger partial charge in [0, 0.05) is 41.6 Å². The van der Waals surface area contributed by atoms with Crippen LogP contribution in [0.5, 0.6) is 11.5 Å². The molecule has 7 rings (SSSR count). The average molecular weight is 527 g/mol. The smallest absolute Gasteiger partial charge is 0.204 e. The Labute approximate surface area is 225 Å². The summed E-state index contributed by atoms with van der Waals surface area (Å²) in [5, 5.41) is 18.5. The van der Waals surface area contributed by atoms with E-state index in [9.17, 15) is 9.59 Å². The lowest BCUT2D eigenvalue weighted by atomic mass is 9.70. The molecule has 0 radical (unpaired) electrons. The highest BCUT2D eigenvalue weighted by atomic mass is 16.5. The van der Waals surface area contributed by atoms with E-state index < -0.39 is 11.5 Å². The second-order valence-electron chi connectivity index (χ2n) is 10.8. The predicted octanol–water partition coefficient (Wildman–Crippen LogP) is 4.06. The molecule has 0 amide bonds. The first kappa shape index (κ1) is 24.0. The second kappa shape index (κ2) is 9.01. The number of nitrogens with zero attached hydrogens (tertiary/aromatic N) is 4. The molecule has 1 unspecified atom stereocenters. The number of fused-ring (bicyclic) bond motifs is 2. The van der Waals surface area contributed by atoms with Crippen molar-refractivity contribution < 1.29 is 19.1 Å². The van der Waals surface area contributed by atoms with Crippen LogP contribution >= 0.6 is 0 Å². The van der Waals surface area contributed by atoms with Crippen molar-refractivity contribution in [2.24, 2.45) is 5.92 Å². The largest absolute Gasteiger partial charge is 0.493 e. The summed E-state index contributed by atoms with van der Waals surface area (Å²) in [5.41, 5.74) is 2.65. The van der Waals surface area contributed by atoms with Crippen molar-refractivity contribution in [2.75, 3.05) is 19.7 Å². The number of aromatic nitrogens is 5. The molecule has 3 aliphatic rings. The van der Waals surface area contributed by atoms with Gasteiger partial charge >= 0.3 is 0 Å². The van der Waals surface area contributed by atoms with Crippen LogP contribution in [-0.2, 0) is 0 Å². The molecule has 2 aromatic carbocycles. The molecule has 4 aromatic rings. The van der Waals surface area contributed by atoms with E-state index in [4.69, 9.17) is 9.47 Å².